The summed E-state index contributed by atoms with van der Waals surface area (Å²) in [7, 11) is 0. The minimum Gasteiger partial charge on any atom is -0.265 e. The molecule has 0 aliphatic heterocycles. The number of rotatable bonds is 1. The fraction of sp³-hybridized carbons (Fsp3) is 0.192. The third-order valence-electron chi connectivity index (χ3n) is 5.03. The normalized spacial score (nSPS) is 13.1. The topological polar surface area (TPSA) is 12.9 Å². The molecule has 0 spiro atoms. The molecule has 0 saturated heterocycles. The molecule has 0 unspecified atom stereocenters. The van der Waals surface area contributed by atoms with Crippen LogP contribution in [0.1, 0.15) is 36.1 Å². The van der Waals surface area contributed by atoms with Crippen molar-refractivity contribution in [2.24, 2.45) is 0 Å². The molecule has 2 heteroatoms. The molecule has 2 aliphatic carbocycles. The molecule has 0 bridgehead atoms. The number of pyridine rings is 1. The van der Waals surface area contributed by atoms with E-state index in [1.165, 1.54) is 38.3 Å². The Bertz CT molecular complexity index is 909. The van der Waals surface area contributed by atoms with Gasteiger partial charge in [0.25, 0.3) is 0 Å². The van der Waals surface area contributed by atoms with Crippen LogP contribution in [0.15, 0.2) is 90.1 Å². The van der Waals surface area contributed by atoms with Gasteiger partial charge in [-0.2, -0.15) is 0 Å². The van der Waals surface area contributed by atoms with Crippen LogP contribution >= 0.6 is 11.8 Å². The monoisotopic (exact) mass is 385 g/mol. The zero-order chi connectivity index (χ0) is 19.8. The average molecular weight is 386 g/mol. The van der Waals surface area contributed by atoms with E-state index in [0.29, 0.717) is 0 Å². The molecule has 0 N–H and O–H groups in total. The molecule has 3 aromatic rings. The van der Waals surface area contributed by atoms with Crippen molar-refractivity contribution in [1.82, 2.24) is 4.98 Å². The summed E-state index contributed by atoms with van der Waals surface area (Å²) in [5.74, 6) is 0. The molecular weight excluding hydrogens is 358 g/mol. The number of hydrogen-bond donors (Lipinski definition) is 0. The Morgan fingerprint density at radius 3 is 1.54 bits per heavy atom. The zero-order valence-electron chi connectivity index (χ0n) is 16.9. The highest BCUT2D eigenvalue weighted by Gasteiger charge is 2.08. The second-order valence-corrected chi connectivity index (χ2v) is 7.76. The number of benzene rings is 2. The van der Waals surface area contributed by atoms with Crippen molar-refractivity contribution < 1.29 is 0 Å². The third-order valence-corrected chi connectivity index (χ3v) is 5.77. The van der Waals surface area contributed by atoms with Crippen LogP contribution in [0, 0.1) is 0 Å². The predicted molar refractivity (Wildman–Crippen MR) is 124 cm³/mol. The molecular formula is C26H27NS. The van der Waals surface area contributed by atoms with Crippen LogP contribution in [-0.2, 0) is 12.8 Å². The molecule has 0 saturated carbocycles. The maximum absolute atomic E-state index is 3.88. The van der Waals surface area contributed by atoms with Crippen LogP contribution in [0.5, 0.6) is 0 Å². The average Bonchev–Trinajstić information content (AvgIpc) is 3.33. The number of hydrogen-bond acceptors (Lipinski definition) is 2. The maximum Gasteiger partial charge on any atom is 0.0278 e. The van der Waals surface area contributed by atoms with Gasteiger partial charge in [-0.1, -0.05) is 60.7 Å². The molecule has 2 aromatic carbocycles. The van der Waals surface area contributed by atoms with Gasteiger partial charge in [-0.05, 0) is 78.5 Å². The number of nitrogens with zero attached hydrogens (tertiary/aromatic N) is 1. The van der Waals surface area contributed by atoms with Crippen LogP contribution in [0.4, 0.5) is 0 Å². The quantitative estimate of drug-likeness (QED) is 0.414. The molecule has 0 atom stereocenters. The largest absolute Gasteiger partial charge is 0.265 e. The minimum atomic E-state index is 1.13. The summed E-state index contributed by atoms with van der Waals surface area (Å²) in [5.41, 5.74) is 8.66. The summed E-state index contributed by atoms with van der Waals surface area (Å²) in [4.78, 5) is 5.14. The highest BCUT2D eigenvalue weighted by Crippen LogP contribution is 2.26. The van der Waals surface area contributed by atoms with E-state index >= 15 is 0 Å². The van der Waals surface area contributed by atoms with Crippen molar-refractivity contribution in [2.45, 2.75) is 31.6 Å². The van der Waals surface area contributed by atoms with Gasteiger partial charge >= 0.3 is 0 Å². The number of allylic oxidation sites excluding steroid dienone is 4. The Morgan fingerprint density at radius 1 is 0.679 bits per heavy atom. The Morgan fingerprint density at radius 2 is 1.14 bits per heavy atom. The van der Waals surface area contributed by atoms with E-state index in [9.17, 15) is 0 Å². The van der Waals surface area contributed by atoms with E-state index in [1.54, 1.807) is 24.2 Å². The lowest BCUT2D eigenvalue weighted by molar-refractivity contribution is 1.27. The predicted octanol–water partition coefficient (Wildman–Crippen LogP) is 7.10. The zero-order valence-corrected chi connectivity index (χ0v) is 17.7. The summed E-state index contributed by atoms with van der Waals surface area (Å²) in [6.07, 6.45) is 12.5. The van der Waals surface area contributed by atoms with Crippen molar-refractivity contribution in [1.29, 1.82) is 0 Å². The molecule has 5 rings (SSSR count). The van der Waals surface area contributed by atoms with E-state index in [4.69, 9.17) is 0 Å². The molecule has 142 valence electrons. The van der Waals surface area contributed by atoms with Gasteiger partial charge in [0.15, 0.2) is 0 Å². The highest BCUT2D eigenvalue weighted by atomic mass is 32.2. The molecule has 1 nitrogen and oxygen atoms in total. The van der Waals surface area contributed by atoms with Crippen molar-refractivity contribution in [3.05, 3.63) is 107 Å². The van der Waals surface area contributed by atoms with Gasteiger partial charge in [-0.3, -0.25) is 4.98 Å². The van der Waals surface area contributed by atoms with Crippen molar-refractivity contribution in [3.8, 4) is 0 Å². The van der Waals surface area contributed by atoms with Gasteiger partial charge < -0.3 is 0 Å². The fourth-order valence-electron chi connectivity index (χ4n) is 3.39. The smallest absolute Gasteiger partial charge is 0.0278 e. The van der Waals surface area contributed by atoms with Gasteiger partial charge in [0.1, 0.15) is 0 Å². The lowest BCUT2D eigenvalue weighted by Gasteiger charge is -1.97. The van der Waals surface area contributed by atoms with Crippen molar-refractivity contribution >= 4 is 22.9 Å². The van der Waals surface area contributed by atoms with Gasteiger partial charge in [-0.25, -0.2) is 0 Å². The molecule has 2 aliphatic rings. The van der Waals surface area contributed by atoms with Crippen LogP contribution in [0.25, 0.3) is 11.1 Å². The third kappa shape index (κ3) is 5.24. The Hall–Kier alpha value is -2.58. The molecule has 0 amide bonds. The van der Waals surface area contributed by atoms with Crippen molar-refractivity contribution in [3.63, 3.8) is 0 Å². The summed E-state index contributed by atoms with van der Waals surface area (Å²) < 4.78 is 0. The Labute approximate surface area is 173 Å². The molecule has 0 fully saturated rings. The fourth-order valence-corrected chi connectivity index (χ4v) is 3.78. The lowest BCUT2D eigenvalue weighted by atomic mass is 10.1. The number of aromatic nitrogens is 1. The van der Waals surface area contributed by atoms with Crippen LogP contribution in [0.3, 0.4) is 0 Å². The van der Waals surface area contributed by atoms with Gasteiger partial charge in [0, 0.05) is 17.3 Å². The maximum atomic E-state index is 3.88. The highest BCUT2D eigenvalue weighted by molar-refractivity contribution is 7.98. The SMILES string of the molecule is CC1=CCc2ccccc21.CC1=CCc2ccccc21.CSc1ccncc1. The second kappa shape index (κ2) is 10.1. The van der Waals surface area contributed by atoms with Gasteiger partial charge in [-0.15, -0.1) is 11.8 Å². The van der Waals surface area contributed by atoms with E-state index in [1.807, 2.05) is 12.1 Å². The van der Waals surface area contributed by atoms with E-state index < -0.39 is 0 Å². The summed E-state index contributed by atoms with van der Waals surface area (Å²) in [6, 6.07) is 21.2. The van der Waals surface area contributed by atoms with Crippen LogP contribution < -0.4 is 0 Å². The standard InChI is InChI=1S/2C10H10.C6H7NS/c2*1-8-6-7-9-4-2-3-5-10(8)9;1-8-6-2-4-7-5-3-6/h2*2-6H,7H2,1H3;2-5H,1H3. The van der Waals surface area contributed by atoms with Gasteiger partial charge in [0.05, 0.1) is 0 Å². The Balaban J connectivity index is 0.000000122. The Kier molecular flexibility index (Phi) is 7.27. The number of thioether (sulfide) groups is 1. The first-order valence-electron chi connectivity index (χ1n) is 9.63. The van der Waals surface area contributed by atoms with E-state index in [2.05, 4.69) is 85.8 Å². The summed E-state index contributed by atoms with van der Waals surface area (Å²) >= 11 is 1.73. The summed E-state index contributed by atoms with van der Waals surface area (Å²) in [5, 5.41) is 0. The first kappa shape index (κ1) is 20.2. The lowest BCUT2D eigenvalue weighted by Crippen LogP contribution is -1.79. The minimum absolute atomic E-state index is 1.13. The first-order chi connectivity index (χ1) is 13.7. The molecule has 1 heterocycles. The molecule has 1 aromatic heterocycles. The van der Waals surface area contributed by atoms with E-state index in [-0.39, 0.29) is 0 Å². The van der Waals surface area contributed by atoms with Crippen LogP contribution in [-0.4, -0.2) is 11.2 Å². The van der Waals surface area contributed by atoms with Crippen LogP contribution in [0.2, 0.25) is 0 Å². The second-order valence-electron chi connectivity index (χ2n) is 6.88. The molecule has 0 radical (unpaired) electrons. The summed E-state index contributed by atoms with van der Waals surface area (Å²) in [6.45, 7) is 4.34. The van der Waals surface area contributed by atoms with Crippen molar-refractivity contribution in [2.75, 3.05) is 6.26 Å². The first-order valence-corrected chi connectivity index (χ1v) is 10.9. The van der Waals surface area contributed by atoms with E-state index in [0.717, 1.165) is 12.8 Å². The van der Waals surface area contributed by atoms with Gasteiger partial charge in [0.2, 0.25) is 0 Å². The number of fused-ring (bicyclic) bond motifs is 2. The molecule has 28 heavy (non-hydrogen) atoms.